The molecular weight excluding hydrogens is 308 g/mol. The van der Waals surface area contributed by atoms with Crippen LogP contribution in [0.25, 0.3) is 0 Å². The van der Waals surface area contributed by atoms with Crippen molar-refractivity contribution >= 4 is 5.69 Å². The van der Waals surface area contributed by atoms with Crippen LogP contribution in [0, 0.1) is 11.3 Å². The summed E-state index contributed by atoms with van der Waals surface area (Å²) in [6.07, 6.45) is 7.39. The Bertz CT molecular complexity index is 800. The van der Waals surface area contributed by atoms with Gasteiger partial charge in [-0.15, -0.1) is 0 Å². The van der Waals surface area contributed by atoms with E-state index >= 15 is 0 Å². The average Bonchev–Trinajstić information content (AvgIpc) is 3.14. The first-order valence-corrected chi connectivity index (χ1v) is 9.36. The molecule has 0 saturated heterocycles. The molecule has 2 aromatic rings. The van der Waals surface area contributed by atoms with E-state index in [-0.39, 0.29) is 0 Å². The Kier molecular flexibility index (Phi) is 4.61. The highest BCUT2D eigenvalue weighted by molar-refractivity contribution is 5.57. The van der Waals surface area contributed by atoms with Crippen LogP contribution in [-0.2, 0) is 13.0 Å². The monoisotopic (exact) mass is 332 g/mol. The Morgan fingerprint density at radius 3 is 2.80 bits per heavy atom. The van der Waals surface area contributed by atoms with Gasteiger partial charge >= 0.3 is 0 Å². The zero-order valence-corrected chi connectivity index (χ0v) is 14.6. The summed E-state index contributed by atoms with van der Waals surface area (Å²) in [4.78, 5) is 0. The van der Waals surface area contributed by atoms with Crippen LogP contribution in [0.1, 0.15) is 60.3 Å². The number of ether oxygens (including phenoxy) is 1. The summed E-state index contributed by atoms with van der Waals surface area (Å²) in [7, 11) is 0. The molecule has 0 amide bonds. The molecule has 1 heterocycles. The topological polar surface area (TPSA) is 45.0 Å². The van der Waals surface area contributed by atoms with Gasteiger partial charge in [0.25, 0.3) is 0 Å². The van der Waals surface area contributed by atoms with E-state index in [0.29, 0.717) is 12.5 Å². The molecule has 1 fully saturated rings. The minimum atomic E-state index is 0.506. The summed E-state index contributed by atoms with van der Waals surface area (Å²) >= 11 is 0. The van der Waals surface area contributed by atoms with Gasteiger partial charge in [-0.1, -0.05) is 31.4 Å². The second-order valence-electron chi connectivity index (χ2n) is 7.15. The third-order valence-corrected chi connectivity index (χ3v) is 5.48. The smallest absolute Gasteiger partial charge is 0.120 e. The Morgan fingerprint density at radius 1 is 1.08 bits per heavy atom. The van der Waals surface area contributed by atoms with Crippen molar-refractivity contribution in [3.8, 4) is 11.8 Å². The van der Waals surface area contributed by atoms with Crippen molar-refractivity contribution < 1.29 is 4.74 Å². The van der Waals surface area contributed by atoms with Gasteiger partial charge < -0.3 is 10.1 Å². The number of nitrogens with zero attached hydrogens (tertiary/aromatic N) is 1. The first-order valence-electron chi connectivity index (χ1n) is 9.36. The van der Waals surface area contributed by atoms with Crippen LogP contribution in [0.3, 0.4) is 0 Å². The molecule has 3 nitrogen and oxygen atoms in total. The average molecular weight is 332 g/mol. The minimum absolute atomic E-state index is 0.506. The summed E-state index contributed by atoms with van der Waals surface area (Å²) in [5, 5.41) is 12.9. The maximum atomic E-state index is 9.57. The summed E-state index contributed by atoms with van der Waals surface area (Å²) in [6.45, 7) is 1.51. The Labute approximate surface area is 149 Å². The molecule has 2 aromatic carbocycles. The largest absolute Gasteiger partial charge is 0.489 e. The number of rotatable bonds is 4. The van der Waals surface area contributed by atoms with Gasteiger partial charge in [0.05, 0.1) is 11.6 Å². The Balaban J connectivity index is 1.46. The van der Waals surface area contributed by atoms with Crippen LogP contribution < -0.4 is 10.1 Å². The highest BCUT2D eigenvalue weighted by Crippen LogP contribution is 2.34. The van der Waals surface area contributed by atoms with E-state index in [1.54, 1.807) is 0 Å². The molecular formula is C22H24N2O. The molecule has 1 saturated carbocycles. The van der Waals surface area contributed by atoms with Gasteiger partial charge in [0.15, 0.2) is 0 Å². The molecule has 0 bridgehead atoms. The van der Waals surface area contributed by atoms with E-state index < -0.39 is 0 Å². The highest BCUT2D eigenvalue weighted by Gasteiger charge is 2.19. The fourth-order valence-electron chi connectivity index (χ4n) is 4.10. The van der Waals surface area contributed by atoms with Crippen LogP contribution in [0.4, 0.5) is 5.69 Å². The fraction of sp³-hybridized carbons (Fsp3) is 0.409. The molecule has 25 heavy (non-hydrogen) atoms. The SMILES string of the molecule is N#Cc1cc(COc2ccc3c(c2)CCN3)ccc1C1CCCCC1. The number of benzene rings is 2. The zero-order valence-electron chi connectivity index (χ0n) is 14.6. The minimum Gasteiger partial charge on any atom is -0.489 e. The van der Waals surface area contributed by atoms with E-state index in [9.17, 15) is 5.26 Å². The van der Waals surface area contributed by atoms with Crippen molar-refractivity contribution in [2.75, 3.05) is 11.9 Å². The van der Waals surface area contributed by atoms with Gasteiger partial charge in [-0.2, -0.15) is 5.26 Å². The van der Waals surface area contributed by atoms with Gasteiger partial charge in [-0.3, -0.25) is 0 Å². The third-order valence-electron chi connectivity index (χ3n) is 5.48. The number of nitriles is 1. The van der Waals surface area contributed by atoms with Gasteiger partial charge in [-0.25, -0.2) is 0 Å². The van der Waals surface area contributed by atoms with Crippen LogP contribution in [-0.4, -0.2) is 6.54 Å². The van der Waals surface area contributed by atoms with Gasteiger partial charge in [-0.05, 0) is 66.1 Å². The second-order valence-corrected chi connectivity index (χ2v) is 7.15. The number of anilines is 1. The lowest BCUT2D eigenvalue weighted by atomic mass is 9.82. The molecule has 4 rings (SSSR count). The Hall–Kier alpha value is -2.47. The lowest BCUT2D eigenvalue weighted by Crippen LogP contribution is -2.07. The summed E-state index contributed by atoms with van der Waals surface area (Å²) in [6, 6.07) is 14.9. The maximum absolute atomic E-state index is 9.57. The molecule has 0 aromatic heterocycles. The molecule has 1 aliphatic carbocycles. The molecule has 2 aliphatic rings. The van der Waals surface area contributed by atoms with Gasteiger partial charge in [0, 0.05) is 12.2 Å². The lowest BCUT2D eigenvalue weighted by Gasteiger charge is -2.23. The predicted octanol–water partition coefficient (Wildman–Crippen LogP) is 5.15. The molecule has 0 unspecified atom stereocenters. The van der Waals surface area contributed by atoms with Crippen LogP contribution in [0.2, 0.25) is 0 Å². The molecule has 3 heteroatoms. The van der Waals surface area contributed by atoms with E-state index in [1.807, 2.05) is 12.1 Å². The maximum Gasteiger partial charge on any atom is 0.120 e. The third kappa shape index (κ3) is 3.49. The standard InChI is InChI=1S/C22H24N2O/c23-14-19-12-16(6-8-21(19)17-4-2-1-3-5-17)15-25-20-7-9-22-18(13-20)10-11-24-22/h6-9,12-13,17,24H,1-5,10-11,15H2. The first kappa shape index (κ1) is 16.0. The highest BCUT2D eigenvalue weighted by atomic mass is 16.5. The van der Waals surface area contributed by atoms with Crippen molar-refractivity contribution in [2.45, 2.75) is 51.0 Å². The Morgan fingerprint density at radius 2 is 1.96 bits per heavy atom. The molecule has 0 atom stereocenters. The normalized spacial score (nSPS) is 16.8. The van der Waals surface area contributed by atoms with Crippen LogP contribution in [0.5, 0.6) is 5.75 Å². The molecule has 1 N–H and O–H groups in total. The van der Waals surface area contributed by atoms with Crippen molar-refractivity contribution in [1.82, 2.24) is 0 Å². The lowest BCUT2D eigenvalue weighted by molar-refractivity contribution is 0.306. The molecule has 0 spiro atoms. The van der Waals surface area contributed by atoms with Crippen LogP contribution in [0.15, 0.2) is 36.4 Å². The van der Waals surface area contributed by atoms with E-state index in [4.69, 9.17) is 4.74 Å². The van der Waals surface area contributed by atoms with Gasteiger partial charge in [0.2, 0.25) is 0 Å². The van der Waals surface area contributed by atoms with Gasteiger partial charge in [0.1, 0.15) is 12.4 Å². The first-order chi connectivity index (χ1) is 12.3. The predicted molar refractivity (Wildman–Crippen MR) is 100.0 cm³/mol. The zero-order chi connectivity index (χ0) is 17.1. The van der Waals surface area contributed by atoms with E-state index in [1.165, 1.54) is 48.9 Å². The molecule has 0 radical (unpaired) electrons. The molecule has 1 aliphatic heterocycles. The summed E-state index contributed by atoms with van der Waals surface area (Å²) in [5.41, 5.74) is 5.66. The quantitative estimate of drug-likeness (QED) is 0.842. The van der Waals surface area contributed by atoms with E-state index in [0.717, 1.165) is 29.8 Å². The summed E-state index contributed by atoms with van der Waals surface area (Å²) < 4.78 is 5.96. The number of hydrogen-bond acceptors (Lipinski definition) is 3. The van der Waals surface area contributed by atoms with Crippen molar-refractivity contribution in [2.24, 2.45) is 0 Å². The summed E-state index contributed by atoms with van der Waals surface area (Å²) in [5.74, 6) is 1.46. The van der Waals surface area contributed by atoms with Crippen LogP contribution >= 0.6 is 0 Å². The number of fused-ring (bicyclic) bond motifs is 1. The van der Waals surface area contributed by atoms with E-state index in [2.05, 4.69) is 35.7 Å². The second kappa shape index (κ2) is 7.19. The molecule has 128 valence electrons. The fourth-order valence-corrected chi connectivity index (χ4v) is 4.10. The number of hydrogen-bond donors (Lipinski definition) is 1. The number of nitrogens with one attached hydrogen (secondary N) is 1. The van der Waals surface area contributed by atoms with Crippen molar-refractivity contribution in [1.29, 1.82) is 5.26 Å². The van der Waals surface area contributed by atoms with Crippen molar-refractivity contribution in [3.05, 3.63) is 58.7 Å². The van der Waals surface area contributed by atoms with Crippen molar-refractivity contribution in [3.63, 3.8) is 0 Å².